The molecule has 0 spiro atoms. The van der Waals surface area contributed by atoms with Crippen LogP contribution in [0.15, 0.2) is 0 Å². The van der Waals surface area contributed by atoms with Gasteiger partial charge in [-0.15, -0.1) is 0 Å². The number of aliphatic hydroxyl groups is 9. The number of carbonyl (C=O) groups excluding carboxylic acids is 1. The standard InChI is InChI=1S/C40H72O18/c1-2-3-4-5-6-7-8-9-10-11-12-13-14-15-16-17-18-19-28(45)55-40-36(32(49)27(20-41)54-40)58-39-35(31(48)26(44)23-53-39)57-38-34(30(47)25(43)22-52-38)56-37-33(50)29(46)24(42)21-51-37/h24-27,29-44,46-50H,2-23H2,1H3. The number of esters is 1. The Morgan fingerprint density at radius 2 is 0.862 bits per heavy atom. The molecule has 4 rings (SSSR count). The lowest BCUT2D eigenvalue weighted by Gasteiger charge is -2.45. The Balaban J connectivity index is 1.22. The first-order chi connectivity index (χ1) is 28.0. The van der Waals surface area contributed by atoms with E-state index >= 15 is 0 Å². The molecule has 0 aromatic rings. The molecule has 340 valence electrons. The first-order valence-electron chi connectivity index (χ1n) is 21.7. The molecule has 4 heterocycles. The van der Waals surface area contributed by atoms with Crippen molar-refractivity contribution in [2.75, 3.05) is 26.4 Å². The van der Waals surface area contributed by atoms with Gasteiger partial charge in [-0.05, 0) is 6.42 Å². The monoisotopic (exact) mass is 840 g/mol. The SMILES string of the molecule is CCCCCCCCCCCCCCCCCCCC(=O)OC1OC(CO)C(O)C1OC1OCC(O)C(O)C1OC1OCC(O)C(O)C1OC1OCC(O)C(O)C1O. The summed E-state index contributed by atoms with van der Waals surface area (Å²) in [7, 11) is 0. The molecule has 4 aliphatic heterocycles. The fourth-order valence-corrected chi connectivity index (χ4v) is 7.70. The smallest absolute Gasteiger partial charge is 0.308 e. The van der Waals surface area contributed by atoms with Gasteiger partial charge in [-0.3, -0.25) is 4.79 Å². The molecular formula is C40H72O18. The van der Waals surface area contributed by atoms with Crippen molar-refractivity contribution in [1.29, 1.82) is 0 Å². The lowest BCUT2D eigenvalue weighted by atomic mass is 10.0. The third-order valence-electron chi connectivity index (χ3n) is 11.4. The first kappa shape index (κ1) is 49.5. The lowest BCUT2D eigenvalue weighted by molar-refractivity contribution is -0.376. The summed E-state index contributed by atoms with van der Waals surface area (Å²) in [5.41, 5.74) is 0. The summed E-state index contributed by atoms with van der Waals surface area (Å²) < 4.78 is 45.2. The number of rotatable bonds is 26. The molecule has 16 unspecified atom stereocenters. The topological polar surface area (TPSA) is 273 Å². The van der Waals surface area contributed by atoms with Crippen LogP contribution in [-0.2, 0) is 42.7 Å². The van der Waals surface area contributed by atoms with Gasteiger partial charge in [0.1, 0.15) is 67.1 Å². The molecule has 0 saturated carbocycles. The van der Waals surface area contributed by atoms with E-state index < -0.39 is 131 Å². The molecule has 0 bridgehead atoms. The molecule has 0 amide bonds. The summed E-state index contributed by atoms with van der Waals surface area (Å²) in [4.78, 5) is 12.9. The molecule has 18 heteroatoms. The van der Waals surface area contributed by atoms with Gasteiger partial charge in [-0.25, -0.2) is 0 Å². The van der Waals surface area contributed by atoms with Crippen LogP contribution in [0.2, 0.25) is 0 Å². The van der Waals surface area contributed by atoms with Gasteiger partial charge in [-0.1, -0.05) is 110 Å². The lowest BCUT2D eigenvalue weighted by Crippen LogP contribution is -2.63. The van der Waals surface area contributed by atoms with Gasteiger partial charge in [-0.2, -0.15) is 0 Å². The predicted molar refractivity (Wildman–Crippen MR) is 203 cm³/mol. The van der Waals surface area contributed by atoms with Gasteiger partial charge >= 0.3 is 5.97 Å². The maximum atomic E-state index is 12.9. The van der Waals surface area contributed by atoms with Crippen LogP contribution in [0.3, 0.4) is 0 Å². The zero-order valence-corrected chi connectivity index (χ0v) is 34.0. The van der Waals surface area contributed by atoms with Crippen molar-refractivity contribution < 1.29 is 88.6 Å². The van der Waals surface area contributed by atoms with Gasteiger partial charge in [0.15, 0.2) is 25.0 Å². The van der Waals surface area contributed by atoms with Gasteiger partial charge in [0.25, 0.3) is 0 Å². The highest BCUT2D eigenvalue weighted by atomic mass is 16.8. The van der Waals surface area contributed by atoms with Crippen molar-refractivity contribution in [3.8, 4) is 0 Å². The minimum atomic E-state index is -1.77. The molecule has 16 atom stereocenters. The average molecular weight is 841 g/mol. The maximum absolute atomic E-state index is 12.9. The maximum Gasteiger partial charge on any atom is 0.308 e. The Hall–Kier alpha value is -1.17. The molecule has 0 aliphatic carbocycles. The quantitative estimate of drug-likeness (QED) is 0.0421. The molecule has 9 N–H and O–H groups in total. The fraction of sp³-hybridized carbons (Fsp3) is 0.975. The average Bonchev–Trinajstić information content (AvgIpc) is 3.50. The van der Waals surface area contributed by atoms with Crippen molar-refractivity contribution in [2.24, 2.45) is 0 Å². The van der Waals surface area contributed by atoms with Crippen molar-refractivity contribution in [3.05, 3.63) is 0 Å². The van der Waals surface area contributed by atoms with Crippen molar-refractivity contribution in [2.45, 2.75) is 221 Å². The second-order valence-electron chi connectivity index (χ2n) is 16.2. The highest BCUT2D eigenvalue weighted by Crippen LogP contribution is 2.33. The number of ether oxygens (including phenoxy) is 8. The molecule has 18 nitrogen and oxygen atoms in total. The molecular weight excluding hydrogens is 768 g/mol. The highest BCUT2D eigenvalue weighted by molar-refractivity contribution is 5.69. The van der Waals surface area contributed by atoms with E-state index in [1.54, 1.807) is 0 Å². The summed E-state index contributed by atoms with van der Waals surface area (Å²) in [6.07, 6.45) is -4.42. The molecule has 0 aromatic carbocycles. The fourth-order valence-electron chi connectivity index (χ4n) is 7.70. The van der Waals surface area contributed by atoms with Gasteiger partial charge in [0.05, 0.1) is 26.4 Å². The first-order valence-corrected chi connectivity index (χ1v) is 21.7. The Kier molecular flexibility index (Phi) is 22.5. The second kappa shape index (κ2) is 26.3. The van der Waals surface area contributed by atoms with Crippen LogP contribution < -0.4 is 0 Å². The summed E-state index contributed by atoms with van der Waals surface area (Å²) in [6.45, 7) is 0.261. The third-order valence-corrected chi connectivity index (χ3v) is 11.4. The van der Waals surface area contributed by atoms with E-state index in [-0.39, 0.29) is 6.42 Å². The number of carbonyl (C=O) groups is 1. The van der Waals surface area contributed by atoms with E-state index in [9.17, 15) is 50.8 Å². The van der Waals surface area contributed by atoms with Crippen molar-refractivity contribution in [3.63, 3.8) is 0 Å². The van der Waals surface area contributed by atoms with E-state index in [4.69, 9.17) is 37.9 Å². The zero-order chi connectivity index (χ0) is 42.0. The summed E-state index contributed by atoms with van der Waals surface area (Å²) in [5, 5.41) is 93.7. The van der Waals surface area contributed by atoms with Crippen molar-refractivity contribution >= 4 is 5.97 Å². The van der Waals surface area contributed by atoms with Crippen LogP contribution in [0.25, 0.3) is 0 Å². The minimum absolute atomic E-state index is 0.0889. The van der Waals surface area contributed by atoms with E-state index in [1.807, 2.05) is 0 Å². The number of aliphatic hydroxyl groups excluding tert-OH is 9. The Labute approximate surface area is 341 Å². The number of hydrogen-bond acceptors (Lipinski definition) is 18. The molecule has 58 heavy (non-hydrogen) atoms. The van der Waals surface area contributed by atoms with E-state index in [1.165, 1.54) is 77.0 Å². The minimum Gasteiger partial charge on any atom is -0.433 e. The second-order valence-corrected chi connectivity index (χ2v) is 16.2. The van der Waals surface area contributed by atoms with Crippen LogP contribution in [0, 0.1) is 0 Å². The molecule has 4 fully saturated rings. The van der Waals surface area contributed by atoms with Crippen molar-refractivity contribution in [1.82, 2.24) is 0 Å². The number of unbranched alkanes of at least 4 members (excludes halogenated alkanes) is 16. The van der Waals surface area contributed by atoms with Crippen LogP contribution in [-0.4, -0.2) is 177 Å². The van der Waals surface area contributed by atoms with Crippen LogP contribution in [0.4, 0.5) is 0 Å². The molecule has 0 radical (unpaired) electrons. The Morgan fingerprint density at radius 3 is 1.31 bits per heavy atom. The van der Waals surface area contributed by atoms with Gasteiger partial charge < -0.3 is 83.9 Å². The Morgan fingerprint density at radius 1 is 0.483 bits per heavy atom. The molecule has 4 aliphatic rings. The summed E-state index contributed by atoms with van der Waals surface area (Å²) in [5.74, 6) is -0.605. The predicted octanol–water partition coefficient (Wildman–Crippen LogP) is 0.400. The molecule has 4 saturated heterocycles. The highest BCUT2D eigenvalue weighted by Gasteiger charge is 2.53. The number of hydrogen-bond donors (Lipinski definition) is 9. The third kappa shape index (κ3) is 15.0. The van der Waals surface area contributed by atoms with Gasteiger partial charge in [0.2, 0.25) is 6.29 Å². The van der Waals surface area contributed by atoms with Crippen LogP contribution >= 0.6 is 0 Å². The summed E-state index contributed by atoms with van der Waals surface area (Å²) >= 11 is 0. The van der Waals surface area contributed by atoms with E-state index in [2.05, 4.69) is 6.92 Å². The van der Waals surface area contributed by atoms with Gasteiger partial charge in [0, 0.05) is 6.42 Å². The van der Waals surface area contributed by atoms with Crippen LogP contribution in [0.5, 0.6) is 0 Å². The largest absolute Gasteiger partial charge is 0.433 e. The summed E-state index contributed by atoms with van der Waals surface area (Å²) in [6, 6.07) is 0. The van der Waals surface area contributed by atoms with E-state index in [0.717, 1.165) is 25.7 Å². The zero-order valence-electron chi connectivity index (χ0n) is 34.0. The Bertz CT molecular complexity index is 1120. The van der Waals surface area contributed by atoms with E-state index in [0.29, 0.717) is 6.42 Å². The molecule has 0 aromatic heterocycles. The normalized spacial score (nSPS) is 38.2. The van der Waals surface area contributed by atoms with Crippen LogP contribution in [0.1, 0.15) is 122 Å².